The van der Waals surface area contributed by atoms with Gasteiger partial charge in [0.05, 0.1) is 16.9 Å². The molecule has 2 aliphatic rings. The van der Waals surface area contributed by atoms with Crippen LogP contribution in [0.5, 0.6) is 0 Å². The van der Waals surface area contributed by atoms with E-state index < -0.39 is 21.8 Å². The number of rotatable bonds is 5. The third kappa shape index (κ3) is 4.75. The van der Waals surface area contributed by atoms with E-state index in [9.17, 15) is 21.6 Å². The summed E-state index contributed by atoms with van der Waals surface area (Å²) >= 11 is 5.74. The van der Waals surface area contributed by atoms with Gasteiger partial charge in [-0.25, -0.2) is 13.4 Å². The van der Waals surface area contributed by atoms with E-state index in [1.165, 1.54) is 29.0 Å². The number of imidazole rings is 1. The first-order valence-corrected chi connectivity index (χ1v) is 12.1. The standard InChI is InChI=1S/C20H24ClF3N4O3S/c1-27-10-19(25-12-27)32(29,30)28-8-15(13-3-2-6-31-11-13)18(9-28)26-14-4-5-17(21)16(7-14)20(22,23)24/h4-5,7,10,12-13,15,18,26H,2-3,6,8-9,11H2,1H3/t13-,15+,18-/m1/s1. The first-order chi connectivity index (χ1) is 15.1. The summed E-state index contributed by atoms with van der Waals surface area (Å²) in [4.78, 5) is 3.98. The summed E-state index contributed by atoms with van der Waals surface area (Å²) in [6.45, 7) is 1.51. The Kier molecular flexibility index (Phi) is 6.45. The molecule has 3 heterocycles. The van der Waals surface area contributed by atoms with Crippen molar-refractivity contribution in [1.29, 1.82) is 0 Å². The van der Waals surface area contributed by atoms with Crippen LogP contribution in [-0.4, -0.2) is 54.6 Å². The van der Waals surface area contributed by atoms with Crippen LogP contribution in [0.1, 0.15) is 18.4 Å². The van der Waals surface area contributed by atoms with Gasteiger partial charge in [-0.05, 0) is 42.9 Å². The summed E-state index contributed by atoms with van der Waals surface area (Å²) in [6, 6.07) is 3.25. The predicted molar refractivity (Wildman–Crippen MR) is 113 cm³/mol. The monoisotopic (exact) mass is 492 g/mol. The second-order valence-corrected chi connectivity index (χ2v) is 10.6. The topological polar surface area (TPSA) is 76.5 Å². The van der Waals surface area contributed by atoms with Gasteiger partial charge >= 0.3 is 6.18 Å². The smallest absolute Gasteiger partial charge is 0.381 e. The molecule has 0 aliphatic carbocycles. The third-order valence-electron chi connectivity index (χ3n) is 6.04. The normalized spacial score (nSPS) is 25.2. The molecule has 0 spiro atoms. The average Bonchev–Trinajstić information content (AvgIpc) is 3.36. The molecule has 1 aromatic carbocycles. The molecule has 2 aliphatic heterocycles. The van der Waals surface area contributed by atoms with Crippen molar-refractivity contribution in [3.63, 3.8) is 0 Å². The highest BCUT2D eigenvalue weighted by atomic mass is 35.5. The number of hydrogen-bond acceptors (Lipinski definition) is 5. The number of benzene rings is 1. The third-order valence-corrected chi connectivity index (χ3v) is 8.09. The fourth-order valence-corrected chi connectivity index (χ4v) is 6.12. The summed E-state index contributed by atoms with van der Waals surface area (Å²) in [6.07, 6.45) is -0.00859. The van der Waals surface area contributed by atoms with E-state index in [1.807, 2.05) is 0 Å². The molecule has 2 saturated heterocycles. The lowest BCUT2D eigenvalue weighted by atomic mass is 9.84. The number of anilines is 1. The van der Waals surface area contributed by atoms with Crippen LogP contribution in [0.15, 0.2) is 35.7 Å². The van der Waals surface area contributed by atoms with Crippen LogP contribution >= 0.6 is 11.6 Å². The molecule has 0 radical (unpaired) electrons. The molecule has 0 bridgehead atoms. The number of ether oxygens (including phenoxy) is 1. The minimum Gasteiger partial charge on any atom is -0.381 e. The Morgan fingerprint density at radius 2 is 2.06 bits per heavy atom. The largest absolute Gasteiger partial charge is 0.417 e. The van der Waals surface area contributed by atoms with Crippen molar-refractivity contribution in [3.8, 4) is 0 Å². The molecular weight excluding hydrogens is 469 g/mol. The Hall–Kier alpha value is -1.82. The minimum atomic E-state index is -4.59. The molecule has 0 unspecified atom stereocenters. The maximum absolute atomic E-state index is 13.3. The van der Waals surface area contributed by atoms with Crippen LogP contribution in [0.4, 0.5) is 18.9 Å². The van der Waals surface area contributed by atoms with Gasteiger partial charge < -0.3 is 14.6 Å². The van der Waals surface area contributed by atoms with E-state index in [-0.39, 0.29) is 46.7 Å². The van der Waals surface area contributed by atoms with Gasteiger partial charge in [-0.2, -0.15) is 17.5 Å². The molecule has 7 nitrogen and oxygen atoms in total. The van der Waals surface area contributed by atoms with E-state index in [1.54, 1.807) is 11.6 Å². The molecule has 3 atom stereocenters. The first-order valence-electron chi connectivity index (χ1n) is 10.2. The molecule has 32 heavy (non-hydrogen) atoms. The molecule has 0 amide bonds. The summed E-state index contributed by atoms with van der Waals surface area (Å²) in [5.41, 5.74) is -0.691. The van der Waals surface area contributed by atoms with Crippen LogP contribution in [0.2, 0.25) is 5.02 Å². The zero-order valence-corrected chi connectivity index (χ0v) is 18.9. The number of aromatic nitrogens is 2. The van der Waals surface area contributed by atoms with Crippen molar-refractivity contribution >= 4 is 27.3 Å². The molecule has 2 fully saturated rings. The van der Waals surface area contributed by atoms with Gasteiger partial charge in [0, 0.05) is 51.3 Å². The van der Waals surface area contributed by atoms with Gasteiger partial charge in [-0.1, -0.05) is 11.6 Å². The molecule has 4 rings (SSSR count). The van der Waals surface area contributed by atoms with Crippen LogP contribution in [0.3, 0.4) is 0 Å². The molecule has 1 N–H and O–H groups in total. The van der Waals surface area contributed by atoms with Crippen molar-refractivity contribution in [2.45, 2.75) is 30.1 Å². The fraction of sp³-hybridized carbons (Fsp3) is 0.550. The SMILES string of the molecule is Cn1cnc(S(=O)(=O)N2C[C@@H]([C@@H]3CCCOC3)[C@H](Nc3ccc(Cl)c(C(F)(F)F)c3)C2)c1. The number of aryl methyl sites for hydroxylation is 1. The van der Waals surface area contributed by atoms with Crippen LogP contribution < -0.4 is 5.32 Å². The minimum absolute atomic E-state index is 0.0508. The highest BCUT2D eigenvalue weighted by molar-refractivity contribution is 7.89. The lowest BCUT2D eigenvalue weighted by Gasteiger charge is -2.31. The van der Waals surface area contributed by atoms with Crippen molar-refractivity contribution < 1.29 is 26.3 Å². The second kappa shape index (κ2) is 8.85. The van der Waals surface area contributed by atoms with Gasteiger partial charge in [0.15, 0.2) is 5.03 Å². The Balaban J connectivity index is 1.61. The van der Waals surface area contributed by atoms with E-state index >= 15 is 0 Å². The van der Waals surface area contributed by atoms with Crippen LogP contribution in [0, 0.1) is 11.8 Å². The molecule has 2 aromatic rings. The maximum Gasteiger partial charge on any atom is 0.417 e. The highest BCUT2D eigenvalue weighted by Gasteiger charge is 2.44. The molecule has 12 heteroatoms. The van der Waals surface area contributed by atoms with E-state index in [4.69, 9.17) is 16.3 Å². The summed E-state index contributed by atoms with van der Waals surface area (Å²) in [7, 11) is -2.15. The van der Waals surface area contributed by atoms with Crippen molar-refractivity contribution in [2.75, 3.05) is 31.6 Å². The number of alkyl halides is 3. The Morgan fingerprint density at radius 1 is 1.28 bits per heavy atom. The van der Waals surface area contributed by atoms with E-state index in [0.29, 0.717) is 13.2 Å². The Labute approximate surface area is 189 Å². The molecule has 176 valence electrons. The van der Waals surface area contributed by atoms with E-state index in [0.717, 1.165) is 18.9 Å². The Bertz CT molecular complexity index is 1070. The second-order valence-electron chi connectivity index (χ2n) is 8.28. The lowest BCUT2D eigenvalue weighted by Crippen LogP contribution is -2.36. The van der Waals surface area contributed by atoms with Gasteiger partial charge in [0.25, 0.3) is 10.0 Å². The molecular formula is C20H24ClF3N4O3S. The number of nitrogens with zero attached hydrogens (tertiary/aromatic N) is 3. The summed E-state index contributed by atoms with van der Waals surface area (Å²) < 4.78 is 74.6. The number of sulfonamides is 1. The molecule has 0 saturated carbocycles. The van der Waals surface area contributed by atoms with Crippen molar-refractivity contribution in [2.24, 2.45) is 18.9 Å². The predicted octanol–water partition coefficient (Wildman–Crippen LogP) is 3.62. The van der Waals surface area contributed by atoms with E-state index in [2.05, 4.69) is 10.3 Å². The highest BCUT2D eigenvalue weighted by Crippen LogP contribution is 2.38. The van der Waals surface area contributed by atoms with Gasteiger partial charge in [0.1, 0.15) is 0 Å². The van der Waals surface area contributed by atoms with Crippen molar-refractivity contribution in [1.82, 2.24) is 13.9 Å². The average molecular weight is 493 g/mol. The summed E-state index contributed by atoms with van der Waals surface area (Å²) in [5, 5.41) is 2.71. The quantitative estimate of drug-likeness (QED) is 0.690. The van der Waals surface area contributed by atoms with Gasteiger partial charge in [-0.3, -0.25) is 0 Å². The Morgan fingerprint density at radius 3 is 2.69 bits per heavy atom. The number of halogens is 4. The molecule has 1 aromatic heterocycles. The fourth-order valence-electron chi connectivity index (χ4n) is 4.42. The zero-order valence-electron chi connectivity index (χ0n) is 17.3. The van der Waals surface area contributed by atoms with Crippen LogP contribution in [-0.2, 0) is 28.0 Å². The maximum atomic E-state index is 13.3. The number of hydrogen-bond donors (Lipinski definition) is 1. The summed E-state index contributed by atoms with van der Waals surface area (Å²) in [5.74, 6) is -0.0293. The number of nitrogens with one attached hydrogen (secondary N) is 1. The van der Waals surface area contributed by atoms with Crippen LogP contribution in [0.25, 0.3) is 0 Å². The zero-order chi connectivity index (χ0) is 23.1. The van der Waals surface area contributed by atoms with Gasteiger partial charge in [0.2, 0.25) is 0 Å². The van der Waals surface area contributed by atoms with Crippen molar-refractivity contribution in [3.05, 3.63) is 41.3 Å². The lowest BCUT2D eigenvalue weighted by molar-refractivity contribution is -0.137. The first kappa shape index (κ1) is 23.3. The van der Waals surface area contributed by atoms with Gasteiger partial charge in [-0.15, -0.1) is 0 Å².